The van der Waals surface area contributed by atoms with Crippen molar-refractivity contribution >= 4 is 29.0 Å². The summed E-state index contributed by atoms with van der Waals surface area (Å²) >= 11 is 0. The maximum Gasteiger partial charge on any atom is 0.249 e. The van der Waals surface area contributed by atoms with E-state index in [9.17, 15) is 4.79 Å². The Morgan fingerprint density at radius 2 is 1.81 bits per heavy atom. The summed E-state index contributed by atoms with van der Waals surface area (Å²) in [6, 6.07) is 17.5. The van der Waals surface area contributed by atoms with Gasteiger partial charge < -0.3 is 16.0 Å². The summed E-state index contributed by atoms with van der Waals surface area (Å²) in [7, 11) is 0. The number of anilines is 4. The molecule has 1 heterocycles. The molecule has 1 aromatic heterocycles. The average molecular weight is 348 g/mol. The minimum Gasteiger partial charge on any atom is -0.362 e. The number of aromatic nitrogens is 3. The molecule has 26 heavy (non-hydrogen) atoms. The van der Waals surface area contributed by atoms with Crippen molar-refractivity contribution < 1.29 is 4.79 Å². The van der Waals surface area contributed by atoms with Gasteiger partial charge in [0.1, 0.15) is 0 Å². The van der Waals surface area contributed by atoms with Crippen LogP contribution in [0.4, 0.5) is 23.1 Å². The molecule has 7 nitrogen and oxygen atoms in total. The Balaban J connectivity index is 1.70. The molecule has 132 valence electrons. The van der Waals surface area contributed by atoms with Gasteiger partial charge in [0.25, 0.3) is 0 Å². The van der Waals surface area contributed by atoms with E-state index < -0.39 is 0 Å². The lowest BCUT2D eigenvalue weighted by Crippen LogP contribution is -2.10. The lowest BCUT2D eigenvalue weighted by Gasteiger charge is -2.15. The largest absolute Gasteiger partial charge is 0.362 e. The van der Waals surface area contributed by atoms with Crippen molar-refractivity contribution in [1.29, 1.82) is 0 Å². The van der Waals surface area contributed by atoms with Crippen LogP contribution in [0.2, 0.25) is 0 Å². The predicted octanol–water partition coefficient (Wildman–Crippen LogP) is 3.75. The fourth-order valence-electron chi connectivity index (χ4n) is 2.48. The molecule has 0 spiro atoms. The quantitative estimate of drug-likeness (QED) is 0.628. The Kier molecular flexibility index (Phi) is 5.38. The van der Waals surface area contributed by atoms with E-state index in [-0.39, 0.29) is 11.9 Å². The summed E-state index contributed by atoms with van der Waals surface area (Å²) < 4.78 is 0. The molecule has 0 aliphatic heterocycles. The number of hydrogen-bond acceptors (Lipinski definition) is 6. The number of carbonyl (C=O) groups is 1. The van der Waals surface area contributed by atoms with Gasteiger partial charge in [-0.25, -0.2) is 0 Å². The van der Waals surface area contributed by atoms with E-state index in [1.165, 1.54) is 6.92 Å². The molecule has 1 amide bonds. The normalized spacial score (nSPS) is 11.5. The van der Waals surface area contributed by atoms with Crippen LogP contribution in [-0.2, 0) is 4.79 Å². The fraction of sp³-hybridized carbons (Fsp3) is 0.158. The molecule has 0 fully saturated rings. The van der Waals surface area contributed by atoms with Gasteiger partial charge in [0.2, 0.25) is 11.9 Å². The minimum atomic E-state index is -0.124. The van der Waals surface area contributed by atoms with Crippen molar-refractivity contribution in [3.05, 3.63) is 66.4 Å². The second-order valence-corrected chi connectivity index (χ2v) is 5.83. The van der Waals surface area contributed by atoms with E-state index in [0.29, 0.717) is 17.5 Å². The molecule has 3 N–H and O–H groups in total. The minimum absolute atomic E-state index is 0.0869. The molecule has 0 aliphatic carbocycles. The number of nitrogens with one attached hydrogen (secondary N) is 3. The van der Waals surface area contributed by atoms with Gasteiger partial charge in [0.15, 0.2) is 5.82 Å². The smallest absolute Gasteiger partial charge is 0.249 e. The summed E-state index contributed by atoms with van der Waals surface area (Å²) in [5.74, 6) is 0.869. The van der Waals surface area contributed by atoms with Crippen molar-refractivity contribution in [3.63, 3.8) is 0 Å². The highest BCUT2D eigenvalue weighted by Gasteiger charge is 2.07. The number of amides is 1. The lowest BCUT2D eigenvalue weighted by atomic mass is 10.1. The third-order valence-corrected chi connectivity index (χ3v) is 3.66. The molecule has 0 radical (unpaired) electrons. The van der Waals surface area contributed by atoms with Crippen molar-refractivity contribution in [2.75, 3.05) is 16.0 Å². The lowest BCUT2D eigenvalue weighted by molar-refractivity contribution is -0.114. The number of carbonyl (C=O) groups excluding carboxylic acids is 1. The van der Waals surface area contributed by atoms with Gasteiger partial charge in [-0.15, -0.1) is 5.10 Å². The van der Waals surface area contributed by atoms with Crippen LogP contribution in [0.3, 0.4) is 0 Å². The van der Waals surface area contributed by atoms with E-state index in [2.05, 4.69) is 50.2 Å². The number of rotatable bonds is 6. The van der Waals surface area contributed by atoms with Crippen LogP contribution in [0.25, 0.3) is 0 Å². The second-order valence-electron chi connectivity index (χ2n) is 5.83. The SMILES string of the molecule is CC(=O)Nc1cccc(Nc2nncc(NC(C)c3ccccc3)n2)c1. The molecule has 0 bridgehead atoms. The topological polar surface area (TPSA) is 91.8 Å². The zero-order valence-electron chi connectivity index (χ0n) is 14.6. The molecule has 3 rings (SSSR count). The van der Waals surface area contributed by atoms with E-state index in [1.54, 1.807) is 12.3 Å². The molecule has 7 heteroatoms. The highest BCUT2D eigenvalue weighted by Crippen LogP contribution is 2.20. The maximum atomic E-state index is 11.2. The first-order chi connectivity index (χ1) is 12.6. The van der Waals surface area contributed by atoms with Crippen LogP contribution in [0.1, 0.15) is 25.5 Å². The molecule has 0 saturated carbocycles. The second kappa shape index (κ2) is 8.06. The summed E-state index contributed by atoms with van der Waals surface area (Å²) in [5.41, 5.74) is 2.61. The van der Waals surface area contributed by atoms with Gasteiger partial charge in [-0.1, -0.05) is 36.4 Å². The van der Waals surface area contributed by atoms with Gasteiger partial charge in [0, 0.05) is 24.3 Å². The number of benzene rings is 2. The van der Waals surface area contributed by atoms with E-state index >= 15 is 0 Å². The first-order valence-electron chi connectivity index (χ1n) is 8.26. The van der Waals surface area contributed by atoms with Gasteiger partial charge in [-0.05, 0) is 30.7 Å². The Morgan fingerprint density at radius 3 is 2.58 bits per heavy atom. The molecular formula is C19H20N6O. The molecule has 0 aliphatic rings. The molecule has 1 unspecified atom stereocenters. The highest BCUT2D eigenvalue weighted by molar-refractivity contribution is 5.89. The standard InChI is InChI=1S/C19H20N6O/c1-13(15-7-4-3-5-8-15)21-18-12-20-25-19(24-18)23-17-10-6-9-16(11-17)22-14(2)26/h3-13H,1-2H3,(H,22,26)(H2,21,23,24,25). The zero-order chi connectivity index (χ0) is 18.4. The van der Waals surface area contributed by atoms with Crippen LogP contribution >= 0.6 is 0 Å². The first kappa shape index (κ1) is 17.3. The van der Waals surface area contributed by atoms with Crippen molar-refractivity contribution in [1.82, 2.24) is 15.2 Å². The Bertz CT molecular complexity index is 884. The molecular weight excluding hydrogens is 328 g/mol. The molecule has 1 atom stereocenters. The van der Waals surface area contributed by atoms with Gasteiger partial charge in [-0.3, -0.25) is 4.79 Å². The molecule has 0 saturated heterocycles. The third kappa shape index (κ3) is 4.76. The van der Waals surface area contributed by atoms with Gasteiger partial charge in [0.05, 0.1) is 6.20 Å². The number of hydrogen-bond donors (Lipinski definition) is 3. The maximum absolute atomic E-state index is 11.2. The first-order valence-corrected chi connectivity index (χ1v) is 8.26. The molecule has 3 aromatic rings. The monoisotopic (exact) mass is 348 g/mol. The van der Waals surface area contributed by atoms with Crippen LogP contribution in [0, 0.1) is 0 Å². The van der Waals surface area contributed by atoms with Crippen LogP contribution in [-0.4, -0.2) is 21.1 Å². The van der Waals surface area contributed by atoms with Gasteiger partial charge in [-0.2, -0.15) is 10.1 Å². The third-order valence-electron chi connectivity index (χ3n) is 3.66. The summed E-state index contributed by atoms with van der Waals surface area (Å²) in [4.78, 5) is 15.6. The van der Waals surface area contributed by atoms with Crippen molar-refractivity contribution in [3.8, 4) is 0 Å². The Morgan fingerprint density at radius 1 is 1.04 bits per heavy atom. The van der Waals surface area contributed by atoms with Crippen molar-refractivity contribution in [2.45, 2.75) is 19.9 Å². The van der Waals surface area contributed by atoms with Gasteiger partial charge >= 0.3 is 0 Å². The average Bonchev–Trinajstić information content (AvgIpc) is 2.62. The zero-order valence-corrected chi connectivity index (χ0v) is 14.6. The predicted molar refractivity (Wildman–Crippen MR) is 102 cm³/mol. The van der Waals surface area contributed by atoms with Crippen LogP contribution in [0.5, 0.6) is 0 Å². The summed E-state index contributed by atoms with van der Waals surface area (Å²) in [5, 5.41) is 17.1. The summed E-state index contributed by atoms with van der Waals surface area (Å²) in [6.07, 6.45) is 1.58. The van der Waals surface area contributed by atoms with Crippen LogP contribution in [0.15, 0.2) is 60.8 Å². The Hall–Kier alpha value is -3.48. The van der Waals surface area contributed by atoms with Crippen LogP contribution < -0.4 is 16.0 Å². The van der Waals surface area contributed by atoms with E-state index in [1.807, 2.05) is 36.4 Å². The van der Waals surface area contributed by atoms with E-state index in [0.717, 1.165) is 11.3 Å². The highest BCUT2D eigenvalue weighted by atomic mass is 16.1. The fourth-order valence-corrected chi connectivity index (χ4v) is 2.48. The van der Waals surface area contributed by atoms with E-state index in [4.69, 9.17) is 0 Å². The number of nitrogens with zero attached hydrogens (tertiary/aromatic N) is 3. The Labute approximate surface area is 151 Å². The van der Waals surface area contributed by atoms with Crippen molar-refractivity contribution in [2.24, 2.45) is 0 Å². The molecule has 2 aromatic carbocycles. The summed E-state index contributed by atoms with van der Waals surface area (Å²) in [6.45, 7) is 3.53.